The molecule has 0 fully saturated rings. The summed E-state index contributed by atoms with van der Waals surface area (Å²) in [5.74, 6) is 0. The molecule has 0 bridgehead atoms. The van der Waals surface area contributed by atoms with Gasteiger partial charge in [0.05, 0.1) is 6.10 Å². The normalized spacial score (nSPS) is 13.7. The summed E-state index contributed by atoms with van der Waals surface area (Å²) in [5.41, 5.74) is 1.49. The molecule has 0 aromatic rings. The van der Waals surface area contributed by atoms with Crippen LogP contribution >= 0.6 is 0 Å². The van der Waals surface area contributed by atoms with Crippen molar-refractivity contribution < 1.29 is 4.74 Å². The SMILES string of the molecule is CCC=CCC=CCC=CCCCCCCCCC(CCCCCCCCC=CCC=CCC=C(C)CC)OCCCCN(C)C. The summed E-state index contributed by atoms with van der Waals surface area (Å²) in [6, 6.07) is 0. The summed E-state index contributed by atoms with van der Waals surface area (Å²) in [7, 11) is 4.33. The van der Waals surface area contributed by atoms with Crippen molar-refractivity contribution in [3.63, 3.8) is 0 Å². The average Bonchev–Trinajstić information content (AvgIpc) is 3.05. The van der Waals surface area contributed by atoms with Gasteiger partial charge in [-0.2, -0.15) is 0 Å². The number of nitrogens with zero attached hydrogens (tertiary/aromatic N) is 1. The molecule has 0 N–H and O–H groups in total. The van der Waals surface area contributed by atoms with Crippen LogP contribution < -0.4 is 0 Å². The Morgan fingerprint density at radius 1 is 0.522 bits per heavy atom. The fourth-order valence-corrected chi connectivity index (χ4v) is 5.50. The van der Waals surface area contributed by atoms with E-state index in [1.807, 2.05) is 0 Å². The second kappa shape index (κ2) is 37.8. The van der Waals surface area contributed by atoms with Crippen LogP contribution in [0.4, 0.5) is 0 Å². The quantitative estimate of drug-likeness (QED) is 0.0514. The van der Waals surface area contributed by atoms with Crippen LogP contribution in [0.2, 0.25) is 0 Å². The van der Waals surface area contributed by atoms with E-state index in [1.54, 1.807) is 0 Å². The fourth-order valence-electron chi connectivity index (χ4n) is 5.50. The highest BCUT2D eigenvalue weighted by molar-refractivity contribution is 5.02. The van der Waals surface area contributed by atoms with E-state index >= 15 is 0 Å². The first-order chi connectivity index (χ1) is 22.6. The highest BCUT2D eigenvalue weighted by Crippen LogP contribution is 2.18. The van der Waals surface area contributed by atoms with Crippen molar-refractivity contribution in [2.45, 2.75) is 181 Å². The molecule has 2 heteroatoms. The van der Waals surface area contributed by atoms with Gasteiger partial charge in [0.15, 0.2) is 0 Å². The predicted molar refractivity (Wildman–Crippen MR) is 210 cm³/mol. The summed E-state index contributed by atoms with van der Waals surface area (Å²) >= 11 is 0. The Bertz CT molecular complexity index is 784. The van der Waals surface area contributed by atoms with E-state index in [0.29, 0.717) is 6.10 Å². The van der Waals surface area contributed by atoms with Gasteiger partial charge in [-0.15, -0.1) is 0 Å². The molecule has 0 radical (unpaired) electrons. The van der Waals surface area contributed by atoms with Crippen molar-refractivity contribution in [1.29, 1.82) is 0 Å². The Morgan fingerprint density at radius 2 is 0.978 bits per heavy atom. The number of rotatable bonds is 34. The van der Waals surface area contributed by atoms with Crippen molar-refractivity contribution in [1.82, 2.24) is 4.90 Å². The van der Waals surface area contributed by atoms with E-state index in [4.69, 9.17) is 4.74 Å². The summed E-state index contributed by atoms with van der Waals surface area (Å²) in [6.45, 7) is 8.73. The maximum absolute atomic E-state index is 6.43. The van der Waals surface area contributed by atoms with E-state index in [0.717, 1.165) is 45.1 Å². The summed E-state index contributed by atoms with van der Waals surface area (Å²) < 4.78 is 6.43. The Labute approximate surface area is 289 Å². The first-order valence-corrected chi connectivity index (χ1v) is 19.8. The van der Waals surface area contributed by atoms with Gasteiger partial charge in [-0.25, -0.2) is 0 Å². The van der Waals surface area contributed by atoms with Crippen LogP contribution in [0.3, 0.4) is 0 Å². The Hall–Kier alpha value is -1.64. The van der Waals surface area contributed by atoms with Crippen molar-refractivity contribution >= 4 is 0 Å². The molecule has 0 aliphatic heterocycles. The second-order valence-electron chi connectivity index (χ2n) is 13.5. The summed E-state index contributed by atoms with van der Waals surface area (Å²) in [6.07, 6.45) is 56.2. The number of unbranched alkanes of at least 4 members (excludes halogenated alkanes) is 13. The third kappa shape index (κ3) is 36.8. The van der Waals surface area contributed by atoms with E-state index in [-0.39, 0.29) is 0 Å². The van der Waals surface area contributed by atoms with Crippen LogP contribution in [0.5, 0.6) is 0 Å². The lowest BCUT2D eigenvalue weighted by molar-refractivity contribution is 0.0353. The second-order valence-corrected chi connectivity index (χ2v) is 13.5. The van der Waals surface area contributed by atoms with Gasteiger partial charge in [-0.05, 0) is 117 Å². The Kier molecular flexibility index (Phi) is 36.5. The molecule has 0 aromatic heterocycles. The molecule has 1 unspecified atom stereocenters. The van der Waals surface area contributed by atoms with Gasteiger partial charge >= 0.3 is 0 Å². The minimum absolute atomic E-state index is 0.479. The molecular formula is C44H79NO. The number of hydrogen-bond donors (Lipinski definition) is 0. The topological polar surface area (TPSA) is 12.5 Å². The minimum Gasteiger partial charge on any atom is -0.378 e. The zero-order valence-corrected chi connectivity index (χ0v) is 31.7. The average molecular weight is 638 g/mol. The number of ether oxygens (including phenoxy) is 1. The molecule has 0 heterocycles. The first kappa shape index (κ1) is 44.4. The van der Waals surface area contributed by atoms with Gasteiger partial charge in [-0.3, -0.25) is 0 Å². The van der Waals surface area contributed by atoms with E-state index in [2.05, 4.69) is 107 Å². The Balaban J connectivity index is 3.94. The van der Waals surface area contributed by atoms with Crippen LogP contribution in [-0.4, -0.2) is 38.3 Å². The largest absolute Gasteiger partial charge is 0.378 e. The lowest BCUT2D eigenvalue weighted by Gasteiger charge is -2.18. The molecule has 0 aliphatic carbocycles. The molecule has 0 spiro atoms. The van der Waals surface area contributed by atoms with Crippen LogP contribution in [0.25, 0.3) is 0 Å². The van der Waals surface area contributed by atoms with Gasteiger partial charge in [-0.1, -0.05) is 150 Å². The summed E-state index contributed by atoms with van der Waals surface area (Å²) in [5, 5.41) is 0. The highest BCUT2D eigenvalue weighted by Gasteiger charge is 2.09. The smallest absolute Gasteiger partial charge is 0.0575 e. The van der Waals surface area contributed by atoms with Gasteiger partial charge < -0.3 is 9.64 Å². The molecular weight excluding hydrogens is 558 g/mol. The molecule has 0 saturated carbocycles. The number of allylic oxidation sites excluding steroid dienone is 12. The maximum atomic E-state index is 6.43. The van der Waals surface area contributed by atoms with Crippen LogP contribution in [0.1, 0.15) is 175 Å². The third-order valence-corrected chi connectivity index (χ3v) is 8.69. The van der Waals surface area contributed by atoms with Crippen molar-refractivity contribution in [2.75, 3.05) is 27.2 Å². The molecule has 0 saturated heterocycles. The first-order valence-electron chi connectivity index (χ1n) is 19.8. The van der Waals surface area contributed by atoms with E-state index in [9.17, 15) is 0 Å². The third-order valence-electron chi connectivity index (χ3n) is 8.69. The Morgan fingerprint density at radius 3 is 1.48 bits per heavy atom. The van der Waals surface area contributed by atoms with Gasteiger partial charge in [0.1, 0.15) is 0 Å². The molecule has 0 rings (SSSR count). The zero-order chi connectivity index (χ0) is 33.6. The summed E-state index contributed by atoms with van der Waals surface area (Å²) in [4.78, 5) is 2.28. The molecule has 1 atom stereocenters. The lowest BCUT2D eigenvalue weighted by atomic mass is 10.0. The van der Waals surface area contributed by atoms with Crippen LogP contribution in [-0.2, 0) is 4.74 Å². The molecule has 0 amide bonds. The predicted octanol–water partition coefficient (Wildman–Crippen LogP) is 14.1. The van der Waals surface area contributed by atoms with Crippen LogP contribution in [0, 0.1) is 0 Å². The molecule has 0 aromatic carbocycles. The van der Waals surface area contributed by atoms with Crippen molar-refractivity contribution in [3.8, 4) is 0 Å². The molecule has 0 aliphatic rings. The molecule has 266 valence electrons. The number of hydrogen-bond acceptors (Lipinski definition) is 2. The lowest BCUT2D eigenvalue weighted by Crippen LogP contribution is -2.16. The maximum Gasteiger partial charge on any atom is 0.0575 e. The zero-order valence-electron chi connectivity index (χ0n) is 31.7. The van der Waals surface area contributed by atoms with E-state index in [1.165, 1.54) is 128 Å². The van der Waals surface area contributed by atoms with E-state index < -0.39 is 0 Å². The highest BCUT2D eigenvalue weighted by atomic mass is 16.5. The van der Waals surface area contributed by atoms with Crippen molar-refractivity contribution in [2.24, 2.45) is 0 Å². The van der Waals surface area contributed by atoms with Gasteiger partial charge in [0, 0.05) is 6.61 Å². The monoisotopic (exact) mass is 638 g/mol. The van der Waals surface area contributed by atoms with Crippen LogP contribution in [0.15, 0.2) is 72.4 Å². The molecule has 2 nitrogen and oxygen atoms in total. The fraction of sp³-hybridized carbons (Fsp3) is 0.727. The van der Waals surface area contributed by atoms with Gasteiger partial charge in [0.25, 0.3) is 0 Å². The molecule has 46 heavy (non-hydrogen) atoms. The van der Waals surface area contributed by atoms with Crippen molar-refractivity contribution in [3.05, 3.63) is 72.4 Å². The van der Waals surface area contributed by atoms with Gasteiger partial charge in [0.2, 0.25) is 0 Å². The minimum atomic E-state index is 0.479. The standard InChI is InChI=1S/C44H79NO/c1-6-8-9-10-11-12-13-14-15-16-19-22-25-28-31-34-39-44(46-42-37-36-41-45(4)5)40-35-32-29-26-23-20-17-18-21-24-27-30-33-38-43(3)7-2/h8-9,11-12,14-15,18,21,27,30,38,44H,6-7,10,13,16-17,19-20,22-26,28-29,31-37,39-42H2,1-5H3.